The second-order valence-corrected chi connectivity index (χ2v) is 7.12. The van der Waals surface area contributed by atoms with Crippen LogP contribution in [-0.4, -0.2) is 21.3 Å². The largest absolute Gasteiger partial charge is 0.496 e. The van der Waals surface area contributed by atoms with Gasteiger partial charge in [0.1, 0.15) is 5.75 Å². The number of para-hydroxylation sites is 1. The van der Waals surface area contributed by atoms with Crippen LogP contribution in [0.3, 0.4) is 0 Å². The summed E-state index contributed by atoms with van der Waals surface area (Å²) in [7, 11) is 3.40. The molecule has 96 valence electrons. The van der Waals surface area contributed by atoms with Crippen LogP contribution in [0.2, 0.25) is 0 Å². The Hall–Kier alpha value is -0.740. The summed E-state index contributed by atoms with van der Waals surface area (Å²) in [4.78, 5) is 0. The van der Waals surface area contributed by atoms with E-state index in [9.17, 15) is 8.42 Å². The number of hydrogen-bond donors (Lipinski definition) is 0. The Labute approximate surface area is 107 Å². The molecular formula is C12H17ClO3S. The summed E-state index contributed by atoms with van der Waals surface area (Å²) in [6, 6.07) is 7.43. The lowest BCUT2D eigenvalue weighted by Crippen LogP contribution is -2.16. The first-order valence-corrected chi connectivity index (χ1v) is 7.88. The summed E-state index contributed by atoms with van der Waals surface area (Å²) in [5.74, 6) is 0.632. The van der Waals surface area contributed by atoms with Crippen molar-refractivity contribution >= 4 is 19.7 Å². The van der Waals surface area contributed by atoms with Crippen molar-refractivity contribution in [3.8, 4) is 5.75 Å². The van der Waals surface area contributed by atoms with Gasteiger partial charge in [-0.3, -0.25) is 0 Å². The number of benzene rings is 1. The molecular weight excluding hydrogens is 260 g/mol. The van der Waals surface area contributed by atoms with Crippen LogP contribution in [0.1, 0.15) is 25.3 Å². The lowest BCUT2D eigenvalue weighted by Gasteiger charge is -2.21. The third-order valence-corrected chi connectivity index (χ3v) is 3.86. The summed E-state index contributed by atoms with van der Waals surface area (Å²) in [5, 5.41) is 0. The zero-order chi connectivity index (χ0) is 13.1. The van der Waals surface area contributed by atoms with Crippen LogP contribution >= 0.6 is 10.7 Å². The molecule has 1 rings (SSSR count). The molecule has 0 spiro atoms. The highest BCUT2D eigenvalue weighted by atomic mass is 35.7. The van der Waals surface area contributed by atoms with Crippen LogP contribution in [0.4, 0.5) is 0 Å². The van der Waals surface area contributed by atoms with Gasteiger partial charge in [-0.05, 0) is 17.5 Å². The second-order valence-electron chi connectivity index (χ2n) is 4.30. The van der Waals surface area contributed by atoms with E-state index in [1.807, 2.05) is 38.1 Å². The third-order valence-electron chi connectivity index (χ3n) is 2.72. The molecule has 0 aliphatic rings. The summed E-state index contributed by atoms with van der Waals surface area (Å²) in [6.45, 7) is 3.94. The van der Waals surface area contributed by atoms with Crippen molar-refractivity contribution in [1.82, 2.24) is 0 Å². The molecule has 1 aromatic rings. The van der Waals surface area contributed by atoms with Gasteiger partial charge in [-0.25, -0.2) is 8.42 Å². The lowest BCUT2D eigenvalue weighted by molar-refractivity contribution is 0.399. The van der Waals surface area contributed by atoms with Crippen molar-refractivity contribution in [3.63, 3.8) is 0 Å². The monoisotopic (exact) mass is 276 g/mol. The van der Waals surface area contributed by atoms with E-state index in [2.05, 4.69) is 0 Å². The van der Waals surface area contributed by atoms with E-state index in [1.54, 1.807) is 7.11 Å². The van der Waals surface area contributed by atoms with Gasteiger partial charge < -0.3 is 4.74 Å². The van der Waals surface area contributed by atoms with Gasteiger partial charge in [0.25, 0.3) is 0 Å². The van der Waals surface area contributed by atoms with Crippen molar-refractivity contribution in [2.75, 3.05) is 12.9 Å². The van der Waals surface area contributed by atoms with Gasteiger partial charge in [0.2, 0.25) is 9.05 Å². The van der Waals surface area contributed by atoms with Crippen LogP contribution in [0.5, 0.6) is 5.75 Å². The third kappa shape index (κ3) is 4.21. The zero-order valence-corrected chi connectivity index (χ0v) is 11.8. The molecule has 0 bridgehead atoms. The minimum absolute atomic E-state index is 0.0768. The van der Waals surface area contributed by atoms with Crippen molar-refractivity contribution in [3.05, 3.63) is 29.8 Å². The SMILES string of the molecule is COc1ccccc1C(CS(=O)(=O)Cl)C(C)C. The van der Waals surface area contributed by atoms with Gasteiger partial charge in [0.15, 0.2) is 0 Å². The van der Waals surface area contributed by atoms with E-state index in [0.29, 0.717) is 5.75 Å². The molecule has 0 aliphatic heterocycles. The Balaban J connectivity index is 3.14. The van der Waals surface area contributed by atoms with Crippen molar-refractivity contribution < 1.29 is 13.2 Å². The Kier molecular flexibility index (Phi) is 4.83. The fourth-order valence-corrected chi connectivity index (χ4v) is 3.23. The van der Waals surface area contributed by atoms with E-state index >= 15 is 0 Å². The van der Waals surface area contributed by atoms with E-state index in [1.165, 1.54) is 0 Å². The quantitative estimate of drug-likeness (QED) is 0.777. The van der Waals surface area contributed by atoms with E-state index in [-0.39, 0.29) is 17.6 Å². The lowest BCUT2D eigenvalue weighted by atomic mass is 9.89. The van der Waals surface area contributed by atoms with Gasteiger partial charge in [-0.1, -0.05) is 32.0 Å². The number of halogens is 1. The van der Waals surface area contributed by atoms with Crippen LogP contribution in [0, 0.1) is 5.92 Å². The van der Waals surface area contributed by atoms with E-state index in [4.69, 9.17) is 15.4 Å². The molecule has 0 N–H and O–H groups in total. The van der Waals surface area contributed by atoms with Gasteiger partial charge in [-0.2, -0.15) is 0 Å². The van der Waals surface area contributed by atoms with Crippen molar-refractivity contribution in [2.24, 2.45) is 5.92 Å². The highest BCUT2D eigenvalue weighted by Gasteiger charge is 2.24. The molecule has 3 nitrogen and oxygen atoms in total. The fraction of sp³-hybridized carbons (Fsp3) is 0.500. The summed E-state index contributed by atoms with van der Waals surface area (Å²) >= 11 is 0. The number of hydrogen-bond acceptors (Lipinski definition) is 3. The molecule has 0 saturated heterocycles. The Morgan fingerprint density at radius 1 is 1.29 bits per heavy atom. The Morgan fingerprint density at radius 2 is 1.88 bits per heavy atom. The first kappa shape index (κ1) is 14.3. The Morgan fingerprint density at radius 3 is 2.35 bits per heavy atom. The smallest absolute Gasteiger partial charge is 0.233 e. The maximum atomic E-state index is 11.2. The van der Waals surface area contributed by atoms with Gasteiger partial charge in [-0.15, -0.1) is 0 Å². The van der Waals surface area contributed by atoms with Crippen LogP contribution in [0.25, 0.3) is 0 Å². The van der Waals surface area contributed by atoms with E-state index < -0.39 is 9.05 Å². The van der Waals surface area contributed by atoms with Crippen molar-refractivity contribution in [1.29, 1.82) is 0 Å². The summed E-state index contributed by atoms with van der Waals surface area (Å²) < 4.78 is 27.7. The van der Waals surface area contributed by atoms with Gasteiger partial charge in [0, 0.05) is 16.6 Å². The van der Waals surface area contributed by atoms with E-state index in [0.717, 1.165) is 5.56 Å². The molecule has 0 radical (unpaired) electrons. The second kappa shape index (κ2) is 5.74. The first-order valence-electron chi connectivity index (χ1n) is 5.40. The number of rotatable bonds is 5. The minimum Gasteiger partial charge on any atom is -0.496 e. The molecule has 0 fully saturated rings. The predicted molar refractivity (Wildman–Crippen MR) is 70.2 cm³/mol. The van der Waals surface area contributed by atoms with Gasteiger partial charge >= 0.3 is 0 Å². The Bertz CT molecular complexity index is 468. The van der Waals surface area contributed by atoms with Crippen LogP contribution < -0.4 is 4.74 Å². The number of methoxy groups -OCH3 is 1. The molecule has 0 saturated carbocycles. The molecule has 0 heterocycles. The summed E-state index contributed by atoms with van der Waals surface area (Å²) in [6.07, 6.45) is 0. The van der Waals surface area contributed by atoms with Gasteiger partial charge in [0.05, 0.1) is 12.9 Å². The maximum Gasteiger partial charge on any atom is 0.233 e. The molecule has 0 aromatic heterocycles. The fourth-order valence-electron chi connectivity index (χ4n) is 1.83. The van der Waals surface area contributed by atoms with Crippen molar-refractivity contribution in [2.45, 2.75) is 19.8 Å². The topological polar surface area (TPSA) is 43.4 Å². The molecule has 0 aliphatic carbocycles. The highest BCUT2D eigenvalue weighted by molar-refractivity contribution is 8.13. The molecule has 0 amide bonds. The minimum atomic E-state index is -3.52. The average molecular weight is 277 g/mol. The molecule has 17 heavy (non-hydrogen) atoms. The molecule has 1 aromatic carbocycles. The van der Waals surface area contributed by atoms with Crippen LogP contribution in [-0.2, 0) is 9.05 Å². The predicted octanol–water partition coefficient (Wildman–Crippen LogP) is 3.00. The molecule has 1 unspecified atom stereocenters. The van der Waals surface area contributed by atoms with Crippen LogP contribution in [0.15, 0.2) is 24.3 Å². The average Bonchev–Trinajstić information content (AvgIpc) is 2.24. The molecule has 5 heteroatoms. The highest BCUT2D eigenvalue weighted by Crippen LogP contribution is 2.33. The zero-order valence-electron chi connectivity index (χ0n) is 10.2. The summed E-state index contributed by atoms with van der Waals surface area (Å²) in [5.41, 5.74) is 0.884. The normalized spacial score (nSPS) is 13.7. The maximum absolute atomic E-state index is 11.2. The molecule has 1 atom stereocenters. The number of ether oxygens (including phenoxy) is 1. The first-order chi connectivity index (χ1) is 7.85. The standard InChI is InChI=1S/C12H17ClO3S/c1-9(2)11(8-17(13,14)15)10-6-4-5-7-12(10)16-3/h4-7,9,11H,8H2,1-3H3.